The van der Waals surface area contributed by atoms with E-state index < -0.39 is 0 Å². The molecule has 1 heterocycles. The molecule has 0 saturated carbocycles. The van der Waals surface area contributed by atoms with E-state index in [0.717, 1.165) is 19.0 Å². The molecule has 0 aliphatic carbocycles. The molecule has 1 rings (SSSR count). The third kappa shape index (κ3) is 4.49. The number of nitrogens with zero attached hydrogens (tertiary/aromatic N) is 2. The van der Waals surface area contributed by atoms with E-state index in [4.69, 9.17) is 0 Å². The van der Waals surface area contributed by atoms with Crippen molar-refractivity contribution in [2.75, 3.05) is 40.3 Å². The van der Waals surface area contributed by atoms with Crippen LogP contribution in [0.15, 0.2) is 0 Å². The van der Waals surface area contributed by atoms with E-state index in [1.54, 1.807) is 0 Å². The van der Waals surface area contributed by atoms with Crippen LogP contribution in [0.1, 0.15) is 20.8 Å². The first-order chi connectivity index (χ1) is 6.99. The van der Waals surface area contributed by atoms with Gasteiger partial charge in [0.1, 0.15) is 0 Å². The van der Waals surface area contributed by atoms with Crippen LogP contribution in [-0.4, -0.2) is 62.2 Å². The van der Waals surface area contributed by atoms with E-state index in [1.807, 2.05) is 0 Å². The third-order valence-corrected chi connectivity index (χ3v) is 2.90. The maximum atomic E-state index is 3.57. The molecule has 2 atom stereocenters. The molecule has 0 spiro atoms. The highest BCUT2D eigenvalue weighted by atomic mass is 15.3. The van der Waals surface area contributed by atoms with Gasteiger partial charge >= 0.3 is 0 Å². The molecule has 0 aromatic heterocycles. The molecule has 0 aromatic rings. The summed E-state index contributed by atoms with van der Waals surface area (Å²) in [5.41, 5.74) is 0. The van der Waals surface area contributed by atoms with Crippen LogP contribution in [0, 0.1) is 5.92 Å². The van der Waals surface area contributed by atoms with E-state index in [9.17, 15) is 0 Å². The average Bonchev–Trinajstić information content (AvgIpc) is 2.08. The summed E-state index contributed by atoms with van der Waals surface area (Å²) >= 11 is 0. The minimum atomic E-state index is 0.641. The smallest absolute Gasteiger partial charge is 0.0348 e. The van der Waals surface area contributed by atoms with Crippen LogP contribution in [0.3, 0.4) is 0 Å². The molecular formula is C12H27N3. The van der Waals surface area contributed by atoms with Gasteiger partial charge in [0.05, 0.1) is 0 Å². The van der Waals surface area contributed by atoms with Gasteiger partial charge in [-0.2, -0.15) is 0 Å². The second-order valence-electron chi connectivity index (χ2n) is 5.57. The largest absolute Gasteiger partial charge is 0.311 e. The first-order valence-electron chi connectivity index (χ1n) is 6.11. The molecule has 2 unspecified atom stereocenters. The van der Waals surface area contributed by atoms with E-state index in [-0.39, 0.29) is 0 Å². The van der Waals surface area contributed by atoms with Crippen molar-refractivity contribution in [3.8, 4) is 0 Å². The summed E-state index contributed by atoms with van der Waals surface area (Å²) in [6.07, 6.45) is 0. The summed E-state index contributed by atoms with van der Waals surface area (Å²) in [5.74, 6) is 0.764. The molecule has 1 aliphatic heterocycles. The van der Waals surface area contributed by atoms with E-state index in [2.05, 4.69) is 50.0 Å². The SMILES string of the molecule is CC(C)CN1CC(C)NCC1CN(C)C. The lowest BCUT2D eigenvalue weighted by Gasteiger charge is -2.41. The van der Waals surface area contributed by atoms with Gasteiger partial charge in [-0.1, -0.05) is 13.8 Å². The summed E-state index contributed by atoms with van der Waals surface area (Å²) in [5, 5.41) is 3.57. The van der Waals surface area contributed by atoms with Gasteiger partial charge in [0.2, 0.25) is 0 Å². The van der Waals surface area contributed by atoms with Crippen LogP contribution in [0.4, 0.5) is 0 Å². The summed E-state index contributed by atoms with van der Waals surface area (Å²) in [6, 6.07) is 1.32. The Hall–Kier alpha value is -0.120. The number of hydrogen-bond donors (Lipinski definition) is 1. The molecule has 0 bridgehead atoms. The number of hydrogen-bond acceptors (Lipinski definition) is 3. The minimum absolute atomic E-state index is 0.641. The predicted octanol–water partition coefficient (Wildman–Crippen LogP) is 0.866. The summed E-state index contributed by atoms with van der Waals surface area (Å²) in [7, 11) is 4.32. The lowest BCUT2D eigenvalue weighted by molar-refractivity contribution is 0.0999. The second-order valence-corrected chi connectivity index (χ2v) is 5.57. The lowest BCUT2D eigenvalue weighted by Crippen LogP contribution is -2.58. The van der Waals surface area contributed by atoms with Crippen molar-refractivity contribution in [1.82, 2.24) is 15.1 Å². The number of nitrogens with one attached hydrogen (secondary N) is 1. The molecule has 0 radical (unpaired) electrons. The van der Waals surface area contributed by atoms with Gasteiger partial charge in [0.15, 0.2) is 0 Å². The van der Waals surface area contributed by atoms with E-state index in [1.165, 1.54) is 13.1 Å². The van der Waals surface area contributed by atoms with Crippen molar-refractivity contribution in [2.24, 2.45) is 5.92 Å². The van der Waals surface area contributed by atoms with Crippen LogP contribution >= 0.6 is 0 Å². The average molecular weight is 213 g/mol. The maximum absolute atomic E-state index is 3.57. The molecule has 0 aromatic carbocycles. The van der Waals surface area contributed by atoms with Crippen LogP contribution in [0.5, 0.6) is 0 Å². The summed E-state index contributed by atoms with van der Waals surface area (Å²) < 4.78 is 0. The Bertz CT molecular complexity index is 178. The molecule has 1 N–H and O–H groups in total. The minimum Gasteiger partial charge on any atom is -0.311 e. The zero-order valence-corrected chi connectivity index (χ0v) is 11.0. The Labute approximate surface area is 94.8 Å². The normalized spacial score (nSPS) is 29.0. The molecule has 1 aliphatic rings. The fourth-order valence-corrected chi connectivity index (χ4v) is 2.33. The number of piperazine rings is 1. The van der Waals surface area contributed by atoms with E-state index >= 15 is 0 Å². The Morgan fingerprint density at radius 1 is 1.40 bits per heavy atom. The predicted molar refractivity (Wildman–Crippen MR) is 66.2 cm³/mol. The van der Waals surface area contributed by atoms with Gasteiger partial charge in [-0.15, -0.1) is 0 Å². The molecule has 0 amide bonds. The third-order valence-electron chi connectivity index (χ3n) is 2.90. The van der Waals surface area contributed by atoms with Crippen molar-refractivity contribution < 1.29 is 0 Å². The highest BCUT2D eigenvalue weighted by Crippen LogP contribution is 2.10. The first-order valence-corrected chi connectivity index (χ1v) is 6.11. The molecule has 15 heavy (non-hydrogen) atoms. The molecule has 1 saturated heterocycles. The summed E-state index contributed by atoms with van der Waals surface area (Å²) in [4.78, 5) is 4.93. The van der Waals surface area contributed by atoms with Gasteiger partial charge in [0.25, 0.3) is 0 Å². The first kappa shape index (κ1) is 12.9. The van der Waals surface area contributed by atoms with Crippen molar-refractivity contribution in [3.05, 3.63) is 0 Å². The maximum Gasteiger partial charge on any atom is 0.0348 e. The lowest BCUT2D eigenvalue weighted by atomic mass is 10.1. The zero-order chi connectivity index (χ0) is 11.4. The quantitative estimate of drug-likeness (QED) is 0.747. The number of rotatable bonds is 4. The second kappa shape index (κ2) is 5.83. The van der Waals surface area contributed by atoms with E-state index in [0.29, 0.717) is 12.1 Å². The highest BCUT2D eigenvalue weighted by molar-refractivity contribution is 4.85. The van der Waals surface area contributed by atoms with Crippen LogP contribution in [0.25, 0.3) is 0 Å². The Morgan fingerprint density at radius 3 is 2.60 bits per heavy atom. The van der Waals surface area contributed by atoms with Crippen LogP contribution in [-0.2, 0) is 0 Å². The standard InChI is InChI=1S/C12H27N3/c1-10(2)7-15-8-11(3)13-6-12(15)9-14(4)5/h10-13H,6-9H2,1-5H3. The van der Waals surface area contributed by atoms with Gasteiger partial charge in [-0.3, -0.25) is 4.90 Å². The van der Waals surface area contributed by atoms with Crippen LogP contribution in [0.2, 0.25) is 0 Å². The molecule has 1 fully saturated rings. The van der Waals surface area contributed by atoms with Gasteiger partial charge in [0, 0.05) is 38.3 Å². The number of likely N-dealkylation sites (N-methyl/N-ethyl adjacent to an activating group) is 1. The zero-order valence-electron chi connectivity index (χ0n) is 11.0. The molecule has 90 valence electrons. The van der Waals surface area contributed by atoms with Crippen molar-refractivity contribution in [2.45, 2.75) is 32.9 Å². The van der Waals surface area contributed by atoms with Crippen molar-refractivity contribution >= 4 is 0 Å². The summed E-state index contributed by atoms with van der Waals surface area (Å²) in [6.45, 7) is 11.6. The van der Waals surface area contributed by atoms with Crippen molar-refractivity contribution in [1.29, 1.82) is 0 Å². The Balaban J connectivity index is 2.50. The molecular weight excluding hydrogens is 186 g/mol. The topological polar surface area (TPSA) is 18.5 Å². The molecule has 3 nitrogen and oxygen atoms in total. The fraction of sp³-hybridized carbons (Fsp3) is 1.00. The molecule has 3 heteroatoms. The Morgan fingerprint density at radius 2 is 2.07 bits per heavy atom. The monoisotopic (exact) mass is 213 g/mol. The Kier molecular flexibility index (Phi) is 5.03. The van der Waals surface area contributed by atoms with Crippen molar-refractivity contribution in [3.63, 3.8) is 0 Å². The highest BCUT2D eigenvalue weighted by Gasteiger charge is 2.26. The van der Waals surface area contributed by atoms with Gasteiger partial charge in [-0.25, -0.2) is 0 Å². The fourth-order valence-electron chi connectivity index (χ4n) is 2.33. The van der Waals surface area contributed by atoms with Gasteiger partial charge < -0.3 is 10.2 Å². The van der Waals surface area contributed by atoms with Gasteiger partial charge in [-0.05, 0) is 26.9 Å². The van der Waals surface area contributed by atoms with Crippen LogP contribution < -0.4 is 5.32 Å².